The van der Waals surface area contributed by atoms with Gasteiger partial charge in [0.2, 0.25) is 6.29 Å². The molecule has 13 heavy (non-hydrogen) atoms. The van der Waals surface area contributed by atoms with Crippen molar-refractivity contribution in [1.29, 1.82) is 0 Å². The van der Waals surface area contributed by atoms with Gasteiger partial charge in [0.25, 0.3) is 0 Å². The summed E-state index contributed by atoms with van der Waals surface area (Å²) in [6, 6.07) is 0. The van der Waals surface area contributed by atoms with Crippen LogP contribution in [0.2, 0.25) is 0 Å². The van der Waals surface area contributed by atoms with E-state index >= 15 is 0 Å². The number of nitrogens with zero attached hydrogens (tertiary/aromatic N) is 3. The van der Waals surface area contributed by atoms with Gasteiger partial charge in [0.05, 0.1) is 6.61 Å². The van der Waals surface area contributed by atoms with Crippen LogP contribution >= 0.6 is 0 Å². The zero-order valence-electron chi connectivity index (χ0n) is 7.12. The van der Waals surface area contributed by atoms with Crippen LogP contribution in [0.5, 0.6) is 0 Å². The van der Waals surface area contributed by atoms with Gasteiger partial charge in [-0.05, 0) is 12.5 Å². The van der Waals surface area contributed by atoms with Gasteiger partial charge in [0, 0.05) is 11.3 Å². The summed E-state index contributed by atoms with van der Waals surface area (Å²) in [5, 5.41) is 20.4. The summed E-state index contributed by atoms with van der Waals surface area (Å²) < 4.78 is 4.58. The molecule has 0 aliphatic heterocycles. The van der Waals surface area contributed by atoms with Gasteiger partial charge >= 0.3 is 0 Å². The van der Waals surface area contributed by atoms with E-state index in [9.17, 15) is 4.79 Å². The van der Waals surface area contributed by atoms with E-state index in [1.54, 1.807) is 0 Å². The van der Waals surface area contributed by atoms with Crippen LogP contribution in [0, 0.1) is 0 Å². The molecule has 0 radical (unpaired) electrons. The number of hydrogen-bond acceptors (Lipinski definition) is 5. The molecule has 0 aromatic heterocycles. The Balaban J connectivity index is 3.91. The molecular weight excluding hydrogens is 178 g/mol. The molecule has 0 aliphatic rings. The zero-order valence-corrected chi connectivity index (χ0v) is 7.12. The maximum atomic E-state index is 10.8. The third-order valence-corrected chi connectivity index (χ3v) is 1.17. The third-order valence-electron chi connectivity index (χ3n) is 1.17. The highest BCUT2D eigenvalue weighted by atomic mass is 16.6. The lowest BCUT2D eigenvalue weighted by molar-refractivity contribution is -0.165. The monoisotopic (exact) mass is 189 g/mol. The molecule has 0 aromatic carbocycles. The van der Waals surface area contributed by atoms with Gasteiger partial charge < -0.3 is 14.9 Å². The number of azide groups is 1. The molecule has 0 bridgehead atoms. The highest BCUT2D eigenvalue weighted by Crippen LogP contribution is 2.00. The van der Waals surface area contributed by atoms with Crippen molar-refractivity contribution in [1.82, 2.24) is 0 Å². The molecule has 0 saturated carbocycles. The quantitative estimate of drug-likeness (QED) is 0.263. The minimum Gasteiger partial charge on any atom is -0.396 e. The van der Waals surface area contributed by atoms with Crippen molar-refractivity contribution < 1.29 is 19.7 Å². The second kappa shape index (κ2) is 6.38. The molecule has 0 amide bonds. The van der Waals surface area contributed by atoms with Crippen LogP contribution in [0.25, 0.3) is 10.4 Å². The second-order valence-corrected chi connectivity index (χ2v) is 2.23. The van der Waals surface area contributed by atoms with E-state index in [2.05, 4.69) is 14.8 Å². The largest absolute Gasteiger partial charge is 0.396 e. The Morgan fingerprint density at radius 1 is 1.77 bits per heavy atom. The topological polar surface area (TPSA) is 116 Å². The van der Waals surface area contributed by atoms with E-state index < -0.39 is 18.3 Å². The summed E-state index contributed by atoms with van der Waals surface area (Å²) in [4.78, 5) is 13.2. The van der Waals surface area contributed by atoms with Crippen molar-refractivity contribution in [3.63, 3.8) is 0 Å². The summed E-state index contributed by atoms with van der Waals surface area (Å²) in [5.41, 5.74) is 7.96. The molecule has 0 fully saturated rings. The molecule has 0 saturated heterocycles. The van der Waals surface area contributed by atoms with Gasteiger partial charge in [0.15, 0.2) is 5.78 Å². The summed E-state index contributed by atoms with van der Waals surface area (Å²) >= 11 is 0. The Labute approximate surface area is 74.6 Å². The second-order valence-electron chi connectivity index (χ2n) is 2.23. The number of rotatable bonds is 6. The van der Waals surface area contributed by atoms with Crippen molar-refractivity contribution in [2.24, 2.45) is 5.11 Å². The first-order valence-electron chi connectivity index (χ1n) is 3.63. The first-order valence-corrected chi connectivity index (χ1v) is 3.63. The normalized spacial score (nSPS) is 14.4. The first kappa shape index (κ1) is 11.9. The summed E-state index contributed by atoms with van der Waals surface area (Å²) in [6.45, 7) is 1.03. The molecule has 2 unspecified atom stereocenters. The standard InChI is InChI=1S/C6H11N3O4/c1-4(8-9-7)13-6(12)5(11)2-3-10/h4,6,10,12H,2-3H2,1H3. The van der Waals surface area contributed by atoms with Gasteiger partial charge in [-0.1, -0.05) is 5.11 Å². The molecule has 7 heteroatoms. The Morgan fingerprint density at radius 3 is 2.85 bits per heavy atom. The Hall–Kier alpha value is -1.14. The average molecular weight is 189 g/mol. The Bertz CT molecular complexity index is 214. The van der Waals surface area contributed by atoms with E-state index in [-0.39, 0.29) is 13.0 Å². The zero-order chi connectivity index (χ0) is 10.3. The fraction of sp³-hybridized carbons (Fsp3) is 0.833. The lowest BCUT2D eigenvalue weighted by Gasteiger charge is -2.12. The molecule has 7 nitrogen and oxygen atoms in total. The smallest absolute Gasteiger partial charge is 0.215 e. The van der Waals surface area contributed by atoms with E-state index in [0.29, 0.717) is 0 Å². The third kappa shape index (κ3) is 5.15. The summed E-state index contributed by atoms with van der Waals surface area (Å²) in [5.74, 6) is -0.650. The number of Topliss-reactive ketones (excluding diaryl/α,β-unsaturated/α-hetero) is 1. The van der Waals surface area contributed by atoms with Crippen molar-refractivity contribution in [2.45, 2.75) is 25.9 Å². The van der Waals surface area contributed by atoms with Crippen LogP contribution in [0.1, 0.15) is 13.3 Å². The van der Waals surface area contributed by atoms with Gasteiger partial charge in [-0.15, -0.1) is 0 Å². The van der Waals surface area contributed by atoms with E-state index in [0.717, 1.165) is 0 Å². The number of carbonyl (C=O) groups excluding carboxylic acids is 1. The fourth-order valence-corrected chi connectivity index (χ4v) is 0.596. The highest BCUT2D eigenvalue weighted by Gasteiger charge is 2.16. The predicted molar refractivity (Wildman–Crippen MR) is 42.4 cm³/mol. The van der Waals surface area contributed by atoms with Crippen LogP contribution in [0.3, 0.4) is 0 Å². The van der Waals surface area contributed by atoms with Gasteiger partial charge in [0.1, 0.15) is 6.23 Å². The summed E-state index contributed by atoms with van der Waals surface area (Å²) in [7, 11) is 0. The van der Waals surface area contributed by atoms with E-state index in [4.69, 9.17) is 15.7 Å². The van der Waals surface area contributed by atoms with E-state index in [1.807, 2.05) is 0 Å². The Kier molecular flexibility index (Phi) is 5.82. The maximum absolute atomic E-state index is 10.8. The molecule has 2 N–H and O–H groups in total. The van der Waals surface area contributed by atoms with Crippen molar-refractivity contribution in [2.75, 3.05) is 6.61 Å². The first-order chi connectivity index (χ1) is 6.11. The highest BCUT2D eigenvalue weighted by molar-refractivity contribution is 5.81. The molecule has 0 aromatic rings. The molecular formula is C6H11N3O4. The minimum atomic E-state index is -1.65. The van der Waals surface area contributed by atoms with Gasteiger partial charge in [-0.2, -0.15) is 0 Å². The molecule has 2 atom stereocenters. The molecule has 0 rings (SSSR count). The van der Waals surface area contributed by atoms with Crippen molar-refractivity contribution in [3.8, 4) is 0 Å². The number of hydrogen-bond donors (Lipinski definition) is 2. The molecule has 0 heterocycles. The lowest BCUT2D eigenvalue weighted by atomic mass is 10.3. The number of carbonyl (C=O) groups is 1. The maximum Gasteiger partial charge on any atom is 0.215 e. The minimum absolute atomic E-state index is 0.190. The lowest BCUT2D eigenvalue weighted by Crippen LogP contribution is -2.27. The van der Waals surface area contributed by atoms with Crippen LogP contribution < -0.4 is 0 Å². The fourth-order valence-electron chi connectivity index (χ4n) is 0.596. The van der Waals surface area contributed by atoms with Crippen LogP contribution in [-0.2, 0) is 9.53 Å². The molecule has 74 valence electrons. The van der Waals surface area contributed by atoms with Crippen molar-refractivity contribution in [3.05, 3.63) is 10.4 Å². The predicted octanol–water partition coefficient (Wildman–Crippen LogP) is -0.0708. The van der Waals surface area contributed by atoms with Crippen LogP contribution in [-0.4, -0.2) is 35.1 Å². The van der Waals surface area contributed by atoms with Gasteiger partial charge in [-0.3, -0.25) is 4.79 Å². The number of aliphatic hydroxyl groups is 2. The summed E-state index contributed by atoms with van der Waals surface area (Å²) in [6.07, 6.45) is -2.75. The van der Waals surface area contributed by atoms with Crippen molar-refractivity contribution >= 4 is 5.78 Å². The van der Waals surface area contributed by atoms with Crippen LogP contribution in [0.15, 0.2) is 5.11 Å². The number of ketones is 1. The van der Waals surface area contributed by atoms with Crippen LogP contribution in [0.4, 0.5) is 0 Å². The number of ether oxygens (including phenoxy) is 1. The Morgan fingerprint density at radius 2 is 2.38 bits per heavy atom. The number of aliphatic hydroxyl groups excluding tert-OH is 2. The molecule has 0 aliphatic carbocycles. The average Bonchev–Trinajstić information content (AvgIpc) is 2.05. The molecule has 0 spiro atoms. The SMILES string of the molecule is CC(N=[N+]=[N-])OC(O)C(=O)CCO. The van der Waals surface area contributed by atoms with Gasteiger partial charge in [-0.25, -0.2) is 0 Å². The van der Waals surface area contributed by atoms with E-state index in [1.165, 1.54) is 6.92 Å².